The van der Waals surface area contributed by atoms with Gasteiger partial charge in [-0.25, -0.2) is 0 Å². The van der Waals surface area contributed by atoms with Gasteiger partial charge in [-0.2, -0.15) is 0 Å². The van der Waals surface area contributed by atoms with Gasteiger partial charge in [0.1, 0.15) is 6.04 Å². The minimum Gasteiger partial charge on any atom is -0.379 e. The number of hydrogen-bond acceptors (Lipinski definition) is 7. The largest absolute Gasteiger partial charge is 0.379 e. The monoisotopic (exact) mass is 461 g/mol. The van der Waals surface area contributed by atoms with Crippen molar-refractivity contribution in [1.29, 1.82) is 0 Å². The Hall–Kier alpha value is -4.05. The summed E-state index contributed by atoms with van der Waals surface area (Å²) >= 11 is 0. The fourth-order valence-corrected chi connectivity index (χ4v) is 4.64. The van der Waals surface area contributed by atoms with E-state index < -0.39 is 29.7 Å². The Balaban J connectivity index is 1.40. The molecule has 2 saturated heterocycles. The summed E-state index contributed by atoms with van der Waals surface area (Å²) in [7, 11) is 0. The first-order chi connectivity index (χ1) is 16.5. The Morgan fingerprint density at radius 3 is 2.59 bits per heavy atom. The molecule has 5 amide bonds. The minimum absolute atomic E-state index is 0.0261. The fourth-order valence-electron chi connectivity index (χ4n) is 4.64. The van der Waals surface area contributed by atoms with Gasteiger partial charge in [-0.05, 0) is 30.2 Å². The van der Waals surface area contributed by atoms with Crippen LogP contribution in [0.15, 0.2) is 42.5 Å². The quantitative estimate of drug-likeness (QED) is 0.558. The zero-order chi connectivity index (χ0) is 23.8. The molecule has 1 unspecified atom stereocenters. The van der Waals surface area contributed by atoms with Gasteiger partial charge < -0.3 is 15.5 Å². The first-order valence-corrected chi connectivity index (χ1v) is 11.1. The second-order valence-electron chi connectivity index (χ2n) is 8.38. The number of hydrogen-bond donors (Lipinski definition) is 3. The lowest BCUT2D eigenvalue weighted by Crippen LogP contribution is -2.54. The fraction of sp³-hybridized carbons (Fsp3) is 0.292. The number of piperazine rings is 1. The highest BCUT2D eigenvalue weighted by Crippen LogP contribution is 2.32. The summed E-state index contributed by atoms with van der Waals surface area (Å²) in [6, 6.07) is 11.4. The number of nitrogens with one attached hydrogen (secondary N) is 3. The predicted molar refractivity (Wildman–Crippen MR) is 122 cm³/mol. The van der Waals surface area contributed by atoms with Crippen molar-refractivity contribution in [2.24, 2.45) is 0 Å². The van der Waals surface area contributed by atoms with Crippen molar-refractivity contribution in [3.05, 3.63) is 59.2 Å². The molecule has 5 rings (SSSR count). The molecule has 0 aromatic heterocycles. The van der Waals surface area contributed by atoms with E-state index in [2.05, 4.69) is 16.0 Å². The Labute approximate surface area is 195 Å². The number of benzene rings is 2. The molecule has 0 saturated carbocycles. The molecule has 10 heteroatoms. The Bertz CT molecular complexity index is 1230. The van der Waals surface area contributed by atoms with Gasteiger partial charge in [-0.3, -0.25) is 34.2 Å². The first kappa shape index (κ1) is 21.8. The van der Waals surface area contributed by atoms with Crippen LogP contribution in [0.25, 0.3) is 0 Å². The van der Waals surface area contributed by atoms with Gasteiger partial charge in [0.2, 0.25) is 17.7 Å². The summed E-state index contributed by atoms with van der Waals surface area (Å²) in [5, 5.41) is 8.56. The number of imide groups is 2. The maximum absolute atomic E-state index is 13.3. The van der Waals surface area contributed by atoms with Crippen LogP contribution in [0.3, 0.4) is 0 Å². The van der Waals surface area contributed by atoms with Gasteiger partial charge in [0.15, 0.2) is 0 Å². The van der Waals surface area contributed by atoms with Crippen molar-refractivity contribution in [3.63, 3.8) is 0 Å². The highest BCUT2D eigenvalue weighted by Gasteiger charge is 2.45. The molecule has 1 atom stereocenters. The van der Waals surface area contributed by atoms with E-state index in [1.54, 1.807) is 23.1 Å². The zero-order valence-corrected chi connectivity index (χ0v) is 18.3. The lowest BCUT2D eigenvalue weighted by molar-refractivity contribution is -0.136. The first-order valence-electron chi connectivity index (χ1n) is 11.1. The number of carbonyl (C=O) groups excluding carboxylic acids is 5. The highest BCUT2D eigenvalue weighted by atomic mass is 16.2. The summed E-state index contributed by atoms with van der Waals surface area (Å²) in [5.41, 5.74) is 2.57. The topological polar surface area (TPSA) is 128 Å². The second kappa shape index (κ2) is 8.71. The molecule has 3 N–H and O–H groups in total. The molecule has 3 aliphatic rings. The molecule has 2 fully saturated rings. The second-order valence-corrected chi connectivity index (χ2v) is 8.38. The van der Waals surface area contributed by atoms with Crippen molar-refractivity contribution in [1.82, 2.24) is 15.5 Å². The molecule has 174 valence electrons. The molecule has 2 aromatic rings. The van der Waals surface area contributed by atoms with Crippen LogP contribution in [0.2, 0.25) is 0 Å². The Morgan fingerprint density at radius 1 is 0.971 bits per heavy atom. The van der Waals surface area contributed by atoms with Crippen molar-refractivity contribution in [2.75, 3.05) is 29.9 Å². The third kappa shape index (κ3) is 3.71. The van der Waals surface area contributed by atoms with E-state index in [4.69, 9.17) is 0 Å². The zero-order valence-electron chi connectivity index (χ0n) is 18.3. The number of para-hydroxylation sites is 2. The maximum Gasteiger partial charge on any atom is 0.262 e. The number of anilines is 2. The van der Waals surface area contributed by atoms with Crippen LogP contribution in [0.4, 0.5) is 11.4 Å². The molecule has 0 radical (unpaired) electrons. The van der Waals surface area contributed by atoms with Crippen LogP contribution in [0, 0.1) is 0 Å². The van der Waals surface area contributed by atoms with E-state index in [0.717, 1.165) is 16.3 Å². The molecule has 0 aliphatic carbocycles. The van der Waals surface area contributed by atoms with Gasteiger partial charge in [0, 0.05) is 26.1 Å². The van der Waals surface area contributed by atoms with E-state index in [1.807, 2.05) is 24.3 Å². The lowest BCUT2D eigenvalue weighted by atomic mass is 10.0. The Kier molecular flexibility index (Phi) is 5.58. The van der Waals surface area contributed by atoms with Gasteiger partial charge in [0.25, 0.3) is 11.8 Å². The SMILES string of the molecule is O=C1CCC(N2C(=O)c3cccc(CNc4ccccc4N4CCNCC4=O)c3C2=O)C(=O)N1. The minimum atomic E-state index is -1.01. The molecule has 0 bridgehead atoms. The van der Waals surface area contributed by atoms with E-state index >= 15 is 0 Å². The average Bonchev–Trinajstić information content (AvgIpc) is 3.09. The van der Waals surface area contributed by atoms with E-state index in [0.29, 0.717) is 18.7 Å². The number of piperidine rings is 1. The normalized spacial score (nSPS) is 20.5. The van der Waals surface area contributed by atoms with Crippen LogP contribution in [-0.4, -0.2) is 60.1 Å². The lowest BCUT2D eigenvalue weighted by Gasteiger charge is -2.29. The summed E-state index contributed by atoms with van der Waals surface area (Å²) in [5.74, 6) is -2.16. The highest BCUT2D eigenvalue weighted by molar-refractivity contribution is 6.24. The van der Waals surface area contributed by atoms with Crippen molar-refractivity contribution >= 4 is 40.9 Å². The molecule has 34 heavy (non-hydrogen) atoms. The molecule has 0 spiro atoms. The van der Waals surface area contributed by atoms with E-state index in [9.17, 15) is 24.0 Å². The van der Waals surface area contributed by atoms with E-state index in [1.165, 1.54) is 0 Å². The Morgan fingerprint density at radius 2 is 1.79 bits per heavy atom. The summed E-state index contributed by atoms with van der Waals surface area (Å²) in [6.07, 6.45) is 0.176. The maximum atomic E-state index is 13.3. The van der Waals surface area contributed by atoms with Crippen LogP contribution >= 0.6 is 0 Å². The van der Waals surface area contributed by atoms with Gasteiger partial charge in [-0.1, -0.05) is 24.3 Å². The number of nitrogens with zero attached hydrogens (tertiary/aromatic N) is 2. The average molecular weight is 461 g/mol. The third-order valence-electron chi connectivity index (χ3n) is 6.31. The molecule has 3 aliphatic heterocycles. The van der Waals surface area contributed by atoms with Crippen LogP contribution < -0.4 is 20.9 Å². The van der Waals surface area contributed by atoms with Crippen molar-refractivity contribution < 1.29 is 24.0 Å². The number of fused-ring (bicyclic) bond motifs is 1. The van der Waals surface area contributed by atoms with Crippen LogP contribution in [0.1, 0.15) is 39.1 Å². The summed E-state index contributed by atoms with van der Waals surface area (Å²) < 4.78 is 0. The van der Waals surface area contributed by atoms with E-state index in [-0.39, 0.29) is 43.0 Å². The standard InChI is InChI=1S/C24H23N5O5/c30-19-9-8-18(22(32)27-19)29-23(33)15-5-3-4-14(21(15)24(29)34)12-26-16-6-1-2-7-17(16)28-11-10-25-13-20(28)31/h1-7,18,25-26H,8-13H2,(H,27,30,32). The summed E-state index contributed by atoms with van der Waals surface area (Å²) in [6.45, 7) is 1.75. The van der Waals surface area contributed by atoms with Gasteiger partial charge >= 0.3 is 0 Å². The molecule has 2 aromatic carbocycles. The molecular weight excluding hydrogens is 438 g/mol. The van der Waals surface area contributed by atoms with Crippen molar-refractivity contribution in [3.8, 4) is 0 Å². The summed E-state index contributed by atoms with van der Waals surface area (Å²) in [4.78, 5) is 65.2. The van der Waals surface area contributed by atoms with Crippen LogP contribution in [0.5, 0.6) is 0 Å². The molecular formula is C24H23N5O5. The predicted octanol–water partition coefficient (Wildman–Crippen LogP) is 0.636. The smallest absolute Gasteiger partial charge is 0.262 e. The van der Waals surface area contributed by atoms with Crippen LogP contribution in [-0.2, 0) is 20.9 Å². The van der Waals surface area contributed by atoms with Gasteiger partial charge in [-0.15, -0.1) is 0 Å². The molecule has 3 heterocycles. The van der Waals surface area contributed by atoms with Crippen molar-refractivity contribution in [2.45, 2.75) is 25.4 Å². The number of amides is 5. The third-order valence-corrected chi connectivity index (χ3v) is 6.31. The van der Waals surface area contributed by atoms with Gasteiger partial charge in [0.05, 0.1) is 29.0 Å². The number of rotatable bonds is 5. The number of carbonyl (C=O) groups is 5. The molecule has 10 nitrogen and oxygen atoms in total.